The summed E-state index contributed by atoms with van der Waals surface area (Å²) in [5.74, 6) is 1.73. The molecule has 3 nitrogen and oxygen atoms in total. The second-order valence-corrected chi connectivity index (χ2v) is 11.3. The molecule has 4 heteroatoms. The average molecular weight is 490 g/mol. The molecule has 186 valence electrons. The summed E-state index contributed by atoms with van der Waals surface area (Å²) in [7, 11) is 0. The summed E-state index contributed by atoms with van der Waals surface area (Å²) >= 11 is 0. The Morgan fingerprint density at radius 1 is 0.919 bits per heavy atom. The van der Waals surface area contributed by atoms with Crippen LogP contribution in [0.2, 0.25) is 0 Å². The van der Waals surface area contributed by atoms with Crippen LogP contribution >= 0.6 is 0 Å². The molecule has 3 aliphatic rings. The molecule has 3 aromatic carbocycles. The third kappa shape index (κ3) is 3.86. The van der Waals surface area contributed by atoms with Gasteiger partial charge in [-0.2, -0.15) is 5.10 Å². The van der Waals surface area contributed by atoms with E-state index >= 15 is 0 Å². The van der Waals surface area contributed by atoms with Crippen LogP contribution in [0.25, 0.3) is 11.8 Å². The minimum atomic E-state index is -0.221. The van der Waals surface area contributed by atoms with E-state index in [0.29, 0.717) is 17.3 Å². The van der Waals surface area contributed by atoms with Crippen molar-refractivity contribution in [2.24, 2.45) is 23.2 Å². The van der Waals surface area contributed by atoms with E-state index in [0.717, 1.165) is 43.2 Å². The zero-order valence-electron chi connectivity index (χ0n) is 21.2. The van der Waals surface area contributed by atoms with Gasteiger partial charge in [0, 0.05) is 19.6 Å². The Morgan fingerprint density at radius 3 is 2.35 bits per heavy atom. The van der Waals surface area contributed by atoms with Crippen LogP contribution in [0.4, 0.5) is 4.39 Å². The van der Waals surface area contributed by atoms with Gasteiger partial charge in [0.05, 0.1) is 17.6 Å². The molecule has 37 heavy (non-hydrogen) atoms. The molecule has 4 aromatic rings. The fourth-order valence-corrected chi connectivity index (χ4v) is 7.48. The number of allylic oxidation sites excluding steroid dienone is 1. The Hall–Kier alpha value is -3.50. The van der Waals surface area contributed by atoms with Crippen LogP contribution in [0.15, 0.2) is 96.7 Å². The van der Waals surface area contributed by atoms with Crippen molar-refractivity contribution in [2.45, 2.75) is 26.3 Å². The summed E-state index contributed by atoms with van der Waals surface area (Å²) in [6.07, 6.45) is 6.57. The first-order valence-corrected chi connectivity index (χ1v) is 13.4. The van der Waals surface area contributed by atoms with E-state index in [1.807, 2.05) is 23.0 Å². The highest BCUT2D eigenvalue weighted by Crippen LogP contribution is 2.70. The van der Waals surface area contributed by atoms with E-state index < -0.39 is 0 Å². The molecule has 1 saturated carbocycles. The van der Waals surface area contributed by atoms with E-state index in [-0.39, 0.29) is 5.82 Å². The molecule has 0 N–H and O–H groups in total. The van der Waals surface area contributed by atoms with Crippen molar-refractivity contribution in [2.75, 3.05) is 13.1 Å². The van der Waals surface area contributed by atoms with Gasteiger partial charge in [0.2, 0.25) is 0 Å². The minimum Gasteiger partial charge on any atom is -0.298 e. The van der Waals surface area contributed by atoms with Crippen LogP contribution in [0.3, 0.4) is 0 Å². The van der Waals surface area contributed by atoms with Crippen molar-refractivity contribution < 1.29 is 4.39 Å². The molecule has 0 bridgehead atoms. The van der Waals surface area contributed by atoms with E-state index in [1.165, 1.54) is 40.9 Å². The Labute approximate surface area is 218 Å². The topological polar surface area (TPSA) is 21.1 Å². The van der Waals surface area contributed by atoms with E-state index in [2.05, 4.69) is 78.6 Å². The Kier molecular flexibility index (Phi) is 5.40. The molecular formula is C33H32FN3. The standard InChI is InChI=1S/C33H32FN3/c1-23-16-32-26(19-35-37(32)28-14-12-27(34)13-15-28)18-29(23)33-22-36(20-25-10-6-3-7-11-25)21-31(33)30(33)17-24-8-4-2-5-9-24/h2-16,19,29-31H,17-18,20-22H2,1H3/t29?,30-,31-,33-/m0/s1. The van der Waals surface area contributed by atoms with Gasteiger partial charge in [0.15, 0.2) is 0 Å². The van der Waals surface area contributed by atoms with Crippen molar-refractivity contribution in [1.29, 1.82) is 0 Å². The molecular weight excluding hydrogens is 457 g/mol. The van der Waals surface area contributed by atoms with Crippen molar-refractivity contribution in [3.63, 3.8) is 0 Å². The molecule has 4 atom stereocenters. The van der Waals surface area contributed by atoms with Crippen LogP contribution in [0.1, 0.15) is 29.3 Å². The first kappa shape index (κ1) is 22.7. The number of piperidine rings is 1. The van der Waals surface area contributed by atoms with Gasteiger partial charge in [-0.25, -0.2) is 9.07 Å². The number of likely N-dealkylation sites (tertiary alicyclic amines) is 1. The zero-order valence-corrected chi connectivity index (χ0v) is 21.2. The summed E-state index contributed by atoms with van der Waals surface area (Å²) in [6.45, 7) is 5.68. The molecule has 7 rings (SSSR count). The number of aromatic nitrogens is 2. The van der Waals surface area contributed by atoms with Gasteiger partial charge in [-0.05, 0) is 90.0 Å². The van der Waals surface area contributed by atoms with Crippen molar-refractivity contribution in [3.05, 3.63) is 125 Å². The fraction of sp³-hybridized carbons (Fsp3) is 0.303. The molecule has 1 aliphatic heterocycles. The van der Waals surface area contributed by atoms with Crippen LogP contribution in [-0.2, 0) is 19.4 Å². The normalized spacial score (nSPS) is 26.4. The highest BCUT2D eigenvalue weighted by Gasteiger charge is 2.71. The number of hydrogen-bond acceptors (Lipinski definition) is 2. The molecule has 0 radical (unpaired) electrons. The first-order valence-electron chi connectivity index (χ1n) is 13.4. The zero-order chi connectivity index (χ0) is 25.0. The van der Waals surface area contributed by atoms with Crippen LogP contribution in [0.5, 0.6) is 0 Å². The maximum Gasteiger partial charge on any atom is 0.123 e. The number of hydrogen-bond donors (Lipinski definition) is 0. The van der Waals surface area contributed by atoms with Crippen LogP contribution < -0.4 is 0 Å². The Balaban J connectivity index is 1.19. The molecule has 1 unspecified atom stereocenters. The summed E-state index contributed by atoms with van der Waals surface area (Å²) in [5, 5.41) is 4.73. The minimum absolute atomic E-state index is 0.221. The summed E-state index contributed by atoms with van der Waals surface area (Å²) in [5.41, 5.74) is 7.98. The van der Waals surface area contributed by atoms with Crippen molar-refractivity contribution >= 4 is 6.08 Å². The predicted molar refractivity (Wildman–Crippen MR) is 146 cm³/mol. The third-order valence-electron chi connectivity index (χ3n) is 9.20. The quantitative estimate of drug-likeness (QED) is 0.305. The lowest BCUT2D eigenvalue weighted by atomic mass is 9.74. The second kappa shape index (κ2) is 8.81. The number of halogens is 1. The predicted octanol–water partition coefficient (Wildman–Crippen LogP) is 6.58. The van der Waals surface area contributed by atoms with E-state index in [4.69, 9.17) is 5.10 Å². The largest absolute Gasteiger partial charge is 0.298 e. The van der Waals surface area contributed by atoms with E-state index in [1.54, 1.807) is 0 Å². The summed E-state index contributed by atoms with van der Waals surface area (Å²) in [6, 6.07) is 28.6. The SMILES string of the molecule is CC1=Cc2c(cnn2-c2ccc(F)cc2)CC1[C@]12CN(Cc3ccccc3)C[C@H]1[C@@H]2Cc1ccccc1. The van der Waals surface area contributed by atoms with Gasteiger partial charge in [-0.15, -0.1) is 0 Å². The summed E-state index contributed by atoms with van der Waals surface area (Å²) in [4.78, 5) is 2.69. The molecule has 1 saturated heterocycles. The lowest BCUT2D eigenvalue weighted by Gasteiger charge is -2.33. The number of rotatable bonds is 6. The molecule has 2 aliphatic carbocycles. The molecule has 2 heterocycles. The third-order valence-corrected chi connectivity index (χ3v) is 9.20. The number of benzene rings is 3. The highest BCUT2D eigenvalue weighted by molar-refractivity contribution is 5.60. The van der Waals surface area contributed by atoms with Gasteiger partial charge in [0.25, 0.3) is 0 Å². The van der Waals surface area contributed by atoms with Gasteiger partial charge in [-0.1, -0.05) is 66.2 Å². The van der Waals surface area contributed by atoms with Gasteiger partial charge >= 0.3 is 0 Å². The molecule has 0 amide bonds. The lowest BCUT2D eigenvalue weighted by molar-refractivity contribution is 0.212. The number of nitrogens with zero attached hydrogens (tertiary/aromatic N) is 3. The van der Waals surface area contributed by atoms with E-state index in [9.17, 15) is 4.39 Å². The number of fused-ring (bicyclic) bond motifs is 2. The molecule has 0 spiro atoms. The van der Waals surface area contributed by atoms with Crippen molar-refractivity contribution in [3.8, 4) is 5.69 Å². The fourth-order valence-electron chi connectivity index (χ4n) is 7.48. The Bertz CT molecular complexity index is 1440. The van der Waals surface area contributed by atoms with Crippen LogP contribution in [0, 0.1) is 29.0 Å². The lowest BCUT2D eigenvalue weighted by Crippen LogP contribution is -2.33. The van der Waals surface area contributed by atoms with Gasteiger partial charge < -0.3 is 0 Å². The highest BCUT2D eigenvalue weighted by atomic mass is 19.1. The Morgan fingerprint density at radius 2 is 1.62 bits per heavy atom. The molecule has 2 fully saturated rings. The van der Waals surface area contributed by atoms with Crippen molar-refractivity contribution in [1.82, 2.24) is 14.7 Å². The maximum absolute atomic E-state index is 13.5. The smallest absolute Gasteiger partial charge is 0.123 e. The monoisotopic (exact) mass is 489 g/mol. The first-order chi connectivity index (χ1) is 18.1. The molecule has 1 aromatic heterocycles. The van der Waals surface area contributed by atoms with Crippen LogP contribution in [-0.4, -0.2) is 27.8 Å². The summed E-state index contributed by atoms with van der Waals surface area (Å²) < 4.78 is 15.5. The average Bonchev–Trinajstić information content (AvgIpc) is 3.21. The van der Waals surface area contributed by atoms with Gasteiger partial charge in [-0.3, -0.25) is 4.90 Å². The second-order valence-electron chi connectivity index (χ2n) is 11.3. The maximum atomic E-state index is 13.5. The van der Waals surface area contributed by atoms with Gasteiger partial charge in [0.1, 0.15) is 5.82 Å².